The summed E-state index contributed by atoms with van der Waals surface area (Å²) in [4.78, 5) is 41.5. The van der Waals surface area contributed by atoms with Crippen molar-refractivity contribution in [2.45, 2.75) is 30.9 Å². The molecule has 2 heterocycles. The molecule has 256 valence electrons. The topological polar surface area (TPSA) is 111 Å². The zero-order valence-corrected chi connectivity index (χ0v) is 29.2. The van der Waals surface area contributed by atoms with Crippen molar-refractivity contribution in [1.29, 1.82) is 0 Å². The molecule has 0 spiro atoms. The Labute approximate surface area is 295 Å². The van der Waals surface area contributed by atoms with Crippen LogP contribution in [0.5, 0.6) is 5.75 Å². The van der Waals surface area contributed by atoms with Gasteiger partial charge in [0.1, 0.15) is 29.5 Å². The number of β-lactam (4-membered cyclic amide) rings is 1. The number of thioether (sulfide) groups is 1. The van der Waals surface area contributed by atoms with Crippen molar-refractivity contribution in [1.82, 2.24) is 10.2 Å². The van der Waals surface area contributed by atoms with Gasteiger partial charge in [-0.3, -0.25) is 19.1 Å². The lowest BCUT2D eigenvalue weighted by atomic mass is 10.0. The van der Waals surface area contributed by atoms with Crippen LogP contribution in [0.3, 0.4) is 0 Å². The Morgan fingerprint density at radius 3 is 2.10 bits per heavy atom. The highest BCUT2D eigenvalue weighted by atomic mass is 32.2. The Hall–Kier alpha value is -4.89. The van der Waals surface area contributed by atoms with Crippen LogP contribution < -0.4 is 20.7 Å². The van der Waals surface area contributed by atoms with E-state index in [0.717, 1.165) is 11.1 Å². The van der Waals surface area contributed by atoms with E-state index in [2.05, 4.69) is 5.32 Å². The van der Waals surface area contributed by atoms with Crippen molar-refractivity contribution in [3.05, 3.63) is 150 Å². The van der Waals surface area contributed by atoms with Crippen LogP contribution in [0.2, 0.25) is 0 Å². The van der Waals surface area contributed by atoms with Gasteiger partial charge in [0.05, 0.1) is 20.1 Å². The molecule has 1 saturated heterocycles. The first kappa shape index (κ1) is 35.0. The number of carbonyl (C=O) groups excluding carboxylic acids is 3. The van der Waals surface area contributed by atoms with E-state index >= 15 is 0 Å². The molecule has 0 radical (unpaired) electrons. The Balaban J connectivity index is 1.17. The highest BCUT2D eigenvalue weighted by Gasteiger charge is 2.54. The van der Waals surface area contributed by atoms with Crippen molar-refractivity contribution in [2.24, 2.45) is 0 Å². The lowest BCUT2D eigenvalue weighted by Crippen LogP contribution is -2.70. The van der Waals surface area contributed by atoms with Crippen molar-refractivity contribution >= 4 is 47.5 Å². The fourth-order valence-corrected chi connectivity index (χ4v) is 9.14. The summed E-state index contributed by atoms with van der Waals surface area (Å²) in [5.74, 6) is -0.116. The quantitative estimate of drug-likeness (QED) is 0.0789. The molecule has 1 N–H and O–H groups in total. The summed E-state index contributed by atoms with van der Waals surface area (Å²) in [6.07, 6.45) is 4.10. The smallest absolute Gasteiger partial charge is 0.355 e. The summed E-state index contributed by atoms with van der Waals surface area (Å²) < 4.78 is 31.2. The third-order valence-electron chi connectivity index (χ3n) is 8.37. The molecule has 0 aliphatic carbocycles. The van der Waals surface area contributed by atoms with Crippen molar-refractivity contribution in [2.75, 3.05) is 19.5 Å². The van der Waals surface area contributed by atoms with E-state index in [-0.39, 0.29) is 37.1 Å². The van der Waals surface area contributed by atoms with Gasteiger partial charge in [0, 0.05) is 16.4 Å². The van der Waals surface area contributed by atoms with Crippen molar-refractivity contribution in [3.63, 3.8) is 0 Å². The lowest BCUT2D eigenvalue weighted by Gasteiger charge is -2.49. The number of nitrogens with zero attached hydrogens (tertiary/aromatic N) is 1. The first-order valence-electron chi connectivity index (χ1n) is 16.2. The molecule has 4 aromatic carbocycles. The molecule has 1 fully saturated rings. The third-order valence-corrected chi connectivity index (χ3v) is 12.2. The Morgan fingerprint density at radius 1 is 0.860 bits per heavy atom. The highest BCUT2D eigenvalue weighted by molar-refractivity contribution is 8.00. The van der Waals surface area contributed by atoms with Gasteiger partial charge in [-0.05, 0) is 59.5 Å². The van der Waals surface area contributed by atoms with Gasteiger partial charge >= 0.3 is 5.97 Å². The molecular weight excluding hydrogens is 671 g/mol. The predicted octanol–water partition coefficient (Wildman–Crippen LogP) is 5.53. The summed E-state index contributed by atoms with van der Waals surface area (Å²) in [5, 5.41) is 3.62. The fourth-order valence-electron chi connectivity index (χ4n) is 5.76. The van der Waals surface area contributed by atoms with Gasteiger partial charge in [-0.1, -0.05) is 91.0 Å². The van der Waals surface area contributed by atoms with Crippen LogP contribution in [-0.4, -0.2) is 53.6 Å². The third kappa shape index (κ3) is 7.94. The lowest BCUT2D eigenvalue weighted by molar-refractivity contribution is -0.153. The first-order valence-corrected chi connectivity index (χ1v) is 18.9. The van der Waals surface area contributed by atoms with E-state index in [0.29, 0.717) is 34.1 Å². The molecule has 0 aromatic heterocycles. The molecule has 2 amide bonds. The van der Waals surface area contributed by atoms with Gasteiger partial charge in [0.25, 0.3) is 13.3 Å². The van der Waals surface area contributed by atoms with Crippen LogP contribution in [0.4, 0.5) is 0 Å². The molecule has 4 aromatic rings. The molecule has 50 heavy (non-hydrogen) atoms. The molecule has 6 rings (SSSR count). The first-order chi connectivity index (χ1) is 24.4. The molecule has 0 unspecified atom stereocenters. The minimum Gasteiger partial charge on any atom is -0.497 e. The zero-order valence-electron chi connectivity index (χ0n) is 27.5. The number of esters is 1. The number of ether oxygens (including phenoxy) is 2. The van der Waals surface area contributed by atoms with E-state index in [1.165, 1.54) is 16.7 Å². The maximum Gasteiger partial charge on any atom is 0.355 e. The molecule has 0 bridgehead atoms. The minimum absolute atomic E-state index is 0.00856. The van der Waals surface area contributed by atoms with Crippen LogP contribution in [-0.2, 0) is 41.2 Å². The fraction of sp³-hybridized carbons (Fsp3) is 0.205. The highest BCUT2D eigenvalue weighted by Crippen LogP contribution is 2.45. The zero-order chi connectivity index (χ0) is 34.9. The molecule has 0 saturated carbocycles. The van der Waals surface area contributed by atoms with E-state index in [1.807, 2.05) is 72.8 Å². The Bertz CT molecular complexity index is 1880. The summed E-state index contributed by atoms with van der Waals surface area (Å²) in [6, 6.07) is 34.0. The SMILES string of the molecule is COc1ccc(COC(=O)C2=C(C/C=C/COP(=O)(c3ccccc3)c3ccccc3)CS[C@H]3[C@H](NC(=O)Cc4ccccc4)C(=O)N23)cc1. The van der Waals surface area contributed by atoms with Crippen LogP contribution in [0.1, 0.15) is 17.5 Å². The molecular formula is C39H37N2O7PS. The molecule has 2 aliphatic heterocycles. The summed E-state index contributed by atoms with van der Waals surface area (Å²) in [6.45, 7) is 0.0775. The number of rotatable bonds is 14. The number of hydrogen-bond acceptors (Lipinski definition) is 8. The van der Waals surface area contributed by atoms with Crippen LogP contribution >= 0.6 is 19.1 Å². The summed E-state index contributed by atoms with van der Waals surface area (Å²) in [5.41, 5.74) is 2.50. The Kier molecular flexibility index (Phi) is 11.3. The molecule has 9 nitrogen and oxygen atoms in total. The number of amides is 2. The largest absolute Gasteiger partial charge is 0.497 e. The van der Waals surface area contributed by atoms with Gasteiger partial charge in [-0.2, -0.15) is 0 Å². The number of allylic oxidation sites excluding steroid dienone is 1. The second-order valence-electron chi connectivity index (χ2n) is 11.7. The van der Waals surface area contributed by atoms with E-state index in [4.69, 9.17) is 14.0 Å². The van der Waals surface area contributed by atoms with Gasteiger partial charge in [0.2, 0.25) is 5.91 Å². The van der Waals surface area contributed by atoms with Crippen LogP contribution in [0.15, 0.2) is 139 Å². The maximum atomic E-state index is 14.2. The van der Waals surface area contributed by atoms with E-state index < -0.39 is 24.8 Å². The van der Waals surface area contributed by atoms with Gasteiger partial charge in [-0.25, -0.2) is 4.79 Å². The Morgan fingerprint density at radius 2 is 1.48 bits per heavy atom. The second-order valence-corrected chi connectivity index (χ2v) is 15.2. The number of carbonyl (C=O) groups is 3. The number of benzene rings is 4. The number of nitrogens with one attached hydrogen (secondary N) is 1. The molecule has 2 aliphatic rings. The monoisotopic (exact) mass is 708 g/mol. The average Bonchev–Trinajstić information content (AvgIpc) is 3.16. The second kappa shape index (κ2) is 16.2. The van der Waals surface area contributed by atoms with Gasteiger partial charge < -0.3 is 19.3 Å². The summed E-state index contributed by atoms with van der Waals surface area (Å²) in [7, 11) is -1.79. The van der Waals surface area contributed by atoms with Crippen LogP contribution in [0.25, 0.3) is 0 Å². The normalized spacial score (nSPS) is 17.2. The minimum atomic E-state index is -3.36. The molecule has 2 atom stereocenters. The number of hydrogen-bond donors (Lipinski definition) is 1. The van der Waals surface area contributed by atoms with E-state index in [1.54, 1.807) is 61.7 Å². The average molecular weight is 709 g/mol. The van der Waals surface area contributed by atoms with Crippen molar-refractivity contribution < 1.29 is 32.9 Å². The van der Waals surface area contributed by atoms with E-state index in [9.17, 15) is 18.9 Å². The standard InChI is InChI=1S/C39H37N2O7PS/c1-46-31-22-20-29(21-23-31)26-47-39(44)36-30(27-50-38-35(37(43)41(36)38)40-34(42)25-28-13-5-2-6-14-28)15-11-12-24-48-49(45,32-16-7-3-8-17-32)33-18-9-4-10-19-33/h2-14,16-23,35,38H,15,24-27H2,1H3,(H,40,42)/b12-11+/t35-,38+/m1/s1. The summed E-state index contributed by atoms with van der Waals surface area (Å²) >= 11 is 1.48. The number of fused-ring (bicyclic) bond motifs is 1. The van der Waals surface area contributed by atoms with Gasteiger partial charge in [0.15, 0.2) is 0 Å². The van der Waals surface area contributed by atoms with Crippen LogP contribution in [0, 0.1) is 0 Å². The van der Waals surface area contributed by atoms with Crippen molar-refractivity contribution in [3.8, 4) is 5.75 Å². The number of methoxy groups -OCH3 is 1. The predicted molar refractivity (Wildman–Crippen MR) is 194 cm³/mol. The molecule has 11 heteroatoms. The van der Waals surface area contributed by atoms with Gasteiger partial charge in [-0.15, -0.1) is 11.8 Å². The maximum absolute atomic E-state index is 14.2.